The van der Waals surface area contributed by atoms with Gasteiger partial charge in [0, 0.05) is 0 Å². The molecular weight excluding hydrogens is 206 g/mol. The van der Waals surface area contributed by atoms with Crippen molar-refractivity contribution < 1.29 is 9.63 Å². The summed E-state index contributed by atoms with van der Waals surface area (Å²) in [5.41, 5.74) is 1.93. The number of rotatable bonds is 2. The van der Waals surface area contributed by atoms with Crippen LogP contribution in [0.2, 0.25) is 0 Å². The lowest BCUT2D eigenvalue weighted by atomic mass is 10.2. The Hall–Kier alpha value is -2.17. The number of nitrogens with zero attached hydrogens (tertiary/aromatic N) is 3. The van der Waals surface area contributed by atoms with Crippen LogP contribution < -0.4 is 4.84 Å². The number of carbonyl (C=O) groups excluding carboxylic acids is 1. The quantitative estimate of drug-likeness (QED) is 0.708. The average Bonchev–Trinajstić information content (AvgIpc) is 2.62. The number of hydrogen-bond acceptors (Lipinski definition) is 4. The first-order chi connectivity index (χ1) is 7.68. The zero-order valence-corrected chi connectivity index (χ0v) is 9.04. The molecule has 0 saturated heterocycles. The molecule has 0 fully saturated rings. The van der Waals surface area contributed by atoms with Crippen LogP contribution in [0.15, 0.2) is 30.3 Å². The minimum Gasteiger partial charge on any atom is -0.312 e. The van der Waals surface area contributed by atoms with E-state index in [9.17, 15) is 4.79 Å². The largest absolute Gasteiger partial charge is 0.365 e. The van der Waals surface area contributed by atoms with Gasteiger partial charge in [-0.3, -0.25) is 0 Å². The number of carbonyl (C=O) groups is 1. The Morgan fingerprint density at radius 2 is 1.94 bits per heavy atom. The molecule has 0 amide bonds. The Balaban J connectivity index is 2.17. The van der Waals surface area contributed by atoms with Crippen LogP contribution in [0.4, 0.5) is 0 Å². The highest BCUT2D eigenvalue weighted by Gasteiger charge is 2.11. The number of hydrogen-bond donors (Lipinski definition) is 0. The zero-order chi connectivity index (χ0) is 11.5. The van der Waals surface area contributed by atoms with Crippen molar-refractivity contribution in [3.63, 3.8) is 0 Å². The van der Waals surface area contributed by atoms with E-state index in [1.807, 2.05) is 6.07 Å². The van der Waals surface area contributed by atoms with Gasteiger partial charge in [-0.25, -0.2) is 4.79 Å². The predicted octanol–water partition coefficient (Wildman–Crippen LogP) is 1.16. The van der Waals surface area contributed by atoms with E-state index in [0.717, 1.165) is 10.5 Å². The zero-order valence-electron chi connectivity index (χ0n) is 9.04. The summed E-state index contributed by atoms with van der Waals surface area (Å²) in [5.74, 6) is -0.450. The van der Waals surface area contributed by atoms with Gasteiger partial charge in [-0.1, -0.05) is 23.0 Å². The third kappa shape index (κ3) is 1.93. The number of aromatic nitrogens is 3. The Morgan fingerprint density at radius 1 is 1.25 bits per heavy atom. The lowest BCUT2D eigenvalue weighted by Gasteiger charge is -2.03. The molecule has 0 bridgehead atoms. The van der Waals surface area contributed by atoms with Crippen LogP contribution in [0.25, 0.3) is 0 Å². The maximum absolute atomic E-state index is 11.7. The van der Waals surface area contributed by atoms with Gasteiger partial charge < -0.3 is 4.84 Å². The predicted molar refractivity (Wildman–Crippen MR) is 56.8 cm³/mol. The van der Waals surface area contributed by atoms with Crippen molar-refractivity contribution in [3.8, 4) is 0 Å². The van der Waals surface area contributed by atoms with Crippen LogP contribution in [-0.4, -0.2) is 21.1 Å². The van der Waals surface area contributed by atoms with Crippen molar-refractivity contribution >= 4 is 5.97 Å². The molecule has 1 heterocycles. The second-order valence-electron chi connectivity index (χ2n) is 3.38. The molecule has 1 aromatic heterocycles. The summed E-state index contributed by atoms with van der Waals surface area (Å²) in [6.07, 6.45) is 0. The molecule has 0 atom stereocenters. The molecule has 0 aliphatic carbocycles. The van der Waals surface area contributed by atoms with Crippen molar-refractivity contribution in [3.05, 3.63) is 47.3 Å². The molecule has 2 rings (SSSR count). The van der Waals surface area contributed by atoms with Crippen LogP contribution in [0.5, 0.6) is 0 Å². The van der Waals surface area contributed by atoms with E-state index < -0.39 is 5.97 Å². The summed E-state index contributed by atoms with van der Waals surface area (Å²) in [6.45, 7) is 3.59. The molecule has 5 heteroatoms. The molecule has 0 saturated carbocycles. The Kier molecular flexibility index (Phi) is 2.68. The van der Waals surface area contributed by atoms with Crippen molar-refractivity contribution in [1.82, 2.24) is 15.2 Å². The van der Waals surface area contributed by atoms with Crippen molar-refractivity contribution in [2.45, 2.75) is 13.8 Å². The van der Waals surface area contributed by atoms with Gasteiger partial charge in [0.15, 0.2) is 0 Å². The van der Waals surface area contributed by atoms with Crippen molar-refractivity contribution in [1.29, 1.82) is 0 Å². The summed E-state index contributed by atoms with van der Waals surface area (Å²) in [7, 11) is 0. The fraction of sp³-hybridized carbons (Fsp3) is 0.182. The monoisotopic (exact) mass is 217 g/mol. The van der Waals surface area contributed by atoms with Gasteiger partial charge in [-0.15, -0.1) is 5.10 Å². The third-order valence-electron chi connectivity index (χ3n) is 2.27. The normalized spacial score (nSPS) is 10.1. The first-order valence-corrected chi connectivity index (χ1v) is 4.85. The van der Waals surface area contributed by atoms with E-state index in [0.29, 0.717) is 11.3 Å². The lowest BCUT2D eigenvalue weighted by molar-refractivity contribution is 0.0371. The first kappa shape index (κ1) is 10.4. The Bertz CT molecular complexity index is 505. The van der Waals surface area contributed by atoms with E-state index in [4.69, 9.17) is 4.84 Å². The van der Waals surface area contributed by atoms with E-state index >= 15 is 0 Å². The topological polar surface area (TPSA) is 57.0 Å². The summed E-state index contributed by atoms with van der Waals surface area (Å²) in [5, 5.41) is 7.50. The number of benzene rings is 1. The average molecular weight is 217 g/mol. The molecule has 0 aliphatic rings. The fourth-order valence-electron chi connectivity index (χ4n) is 1.18. The molecule has 1 aromatic carbocycles. The summed E-state index contributed by atoms with van der Waals surface area (Å²) in [4.78, 5) is 17.9. The van der Waals surface area contributed by atoms with Gasteiger partial charge in [0.05, 0.1) is 11.3 Å². The van der Waals surface area contributed by atoms with E-state index in [1.165, 1.54) is 0 Å². The first-order valence-electron chi connectivity index (χ1n) is 4.85. The molecule has 82 valence electrons. The van der Waals surface area contributed by atoms with Crippen LogP contribution >= 0.6 is 0 Å². The van der Waals surface area contributed by atoms with Gasteiger partial charge >= 0.3 is 5.97 Å². The van der Waals surface area contributed by atoms with Gasteiger partial charge in [0.2, 0.25) is 0 Å². The van der Waals surface area contributed by atoms with E-state index in [2.05, 4.69) is 10.3 Å². The fourth-order valence-corrected chi connectivity index (χ4v) is 1.18. The maximum atomic E-state index is 11.7. The maximum Gasteiger partial charge on any atom is 0.365 e. The van der Waals surface area contributed by atoms with E-state index in [-0.39, 0.29) is 0 Å². The van der Waals surface area contributed by atoms with Crippen LogP contribution in [0.1, 0.15) is 21.7 Å². The molecule has 0 aliphatic heterocycles. The molecule has 2 aromatic rings. The molecule has 0 N–H and O–H groups in total. The highest BCUT2D eigenvalue weighted by molar-refractivity contribution is 5.89. The van der Waals surface area contributed by atoms with Gasteiger partial charge in [0.25, 0.3) is 0 Å². The molecular formula is C11H11N3O2. The van der Waals surface area contributed by atoms with Gasteiger partial charge in [-0.05, 0) is 31.2 Å². The smallest absolute Gasteiger partial charge is 0.312 e. The van der Waals surface area contributed by atoms with E-state index in [1.54, 1.807) is 38.1 Å². The number of aryl methyl sites for hydroxylation is 1. The van der Waals surface area contributed by atoms with Crippen LogP contribution in [-0.2, 0) is 0 Å². The molecule has 16 heavy (non-hydrogen) atoms. The van der Waals surface area contributed by atoms with Crippen LogP contribution in [0, 0.1) is 13.8 Å². The minimum atomic E-state index is -0.450. The van der Waals surface area contributed by atoms with Crippen molar-refractivity contribution in [2.75, 3.05) is 0 Å². The van der Waals surface area contributed by atoms with Gasteiger partial charge in [0.1, 0.15) is 5.69 Å². The van der Waals surface area contributed by atoms with Crippen LogP contribution in [0.3, 0.4) is 0 Å². The second-order valence-corrected chi connectivity index (χ2v) is 3.38. The summed E-state index contributed by atoms with van der Waals surface area (Å²) < 4.78 is 0. The Morgan fingerprint density at radius 3 is 2.50 bits per heavy atom. The van der Waals surface area contributed by atoms with Gasteiger partial charge in [-0.2, -0.15) is 0 Å². The molecule has 0 radical (unpaired) electrons. The Labute approximate surface area is 92.6 Å². The molecule has 5 nitrogen and oxygen atoms in total. The molecule has 0 unspecified atom stereocenters. The summed E-state index contributed by atoms with van der Waals surface area (Å²) in [6, 6.07) is 8.75. The molecule has 0 spiro atoms. The standard InChI is InChI=1S/C11H11N3O2/c1-8-9(2)14(13-12-8)16-11(15)10-6-4-3-5-7-10/h3-7H,1-2H3. The minimum absolute atomic E-state index is 0.450. The highest BCUT2D eigenvalue weighted by atomic mass is 16.7. The second kappa shape index (κ2) is 4.14. The van der Waals surface area contributed by atoms with Crippen molar-refractivity contribution in [2.24, 2.45) is 0 Å². The highest BCUT2D eigenvalue weighted by Crippen LogP contribution is 2.02. The SMILES string of the molecule is Cc1nnn(OC(=O)c2ccccc2)c1C. The lowest BCUT2D eigenvalue weighted by Crippen LogP contribution is -2.22. The summed E-state index contributed by atoms with van der Waals surface area (Å²) >= 11 is 0. The third-order valence-corrected chi connectivity index (χ3v) is 2.27.